The van der Waals surface area contributed by atoms with Gasteiger partial charge in [0.1, 0.15) is 23.9 Å². The number of nitrogen functional groups attached to an aromatic ring is 1. The summed E-state index contributed by atoms with van der Waals surface area (Å²) in [6.07, 6.45) is 3.73. The number of carbonyl (C=O) groups is 1. The number of aromatic hydroxyl groups is 3. The number of nitrogens with zero attached hydrogens (tertiary/aromatic N) is 1. The van der Waals surface area contributed by atoms with E-state index in [0.717, 1.165) is 35.9 Å². The molecule has 0 fully saturated rings. The summed E-state index contributed by atoms with van der Waals surface area (Å²) in [6.45, 7) is 2.06. The van der Waals surface area contributed by atoms with Crippen molar-refractivity contribution in [1.29, 1.82) is 0 Å². The van der Waals surface area contributed by atoms with E-state index < -0.39 is 12.1 Å². The van der Waals surface area contributed by atoms with Crippen LogP contribution in [-0.2, 0) is 24.1 Å². The van der Waals surface area contributed by atoms with Gasteiger partial charge in [0, 0.05) is 29.2 Å². The number of unbranched alkanes of at least 4 members (excludes halogenated alkanes) is 1. The maximum absolute atomic E-state index is 12.3. The summed E-state index contributed by atoms with van der Waals surface area (Å²) in [5.74, 6) is -0.458. The molecule has 1 aromatic heterocycles. The number of anilines is 1. The molecule has 4 aromatic rings. The maximum atomic E-state index is 12.3. The van der Waals surface area contributed by atoms with Gasteiger partial charge in [0.15, 0.2) is 0 Å². The van der Waals surface area contributed by atoms with Crippen molar-refractivity contribution in [3.63, 3.8) is 0 Å². The van der Waals surface area contributed by atoms with E-state index in [-0.39, 0.29) is 36.8 Å². The van der Waals surface area contributed by atoms with E-state index >= 15 is 0 Å². The Kier molecular flexibility index (Phi) is 7.89. The Morgan fingerprint density at radius 2 is 1.73 bits per heavy atom. The molecule has 0 aliphatic carbocycles. The molecule has 0 bridgehead atoms. The van der Waals surface area contributed by atoms with Crippen molar-refractivity contribution in [2.45, 2.75) is 45.3 Å². The lowest BCUT2D eigenvalue weighted by Gasteiger charge is -2.12. The van der Waals surface area contributed by atoms with Gasteiger partial charge in [0.05, 0.1) is 23.8 Å². The highest BCUT2D eigenvalue weighted by atomic mass is 16.5. The van der Waals surface area contributed by atoms with E-state index in [0.29, 0.717) is 22.2 Å². The summed E-state index contributed by atoms with van der Waals surface area (Å²) >= 11 is 0. The average Bonchev–Trinajstić information content (AvgIpc) is 3.19. The second kappa shape index (κ2) is 11.3. The minimum atomic E-state index is -0.987. The van der Waals surface area contributed by atoms with Crippen LogP contribution in [0, 0.1) is 0 Å². The normalized spacial score (nSPS) is 12.1. The second-order valence-corrected chi connectivity index (χ2v) is 9.28. The molecule has 8 nitrogen and oxygen atoms in total. The van der Waals surface area contributed by atoms with Gasteiger partial charge < -0.3 is 35.5 Å². The van der Waals surface area contributed by atoms with Gasteiger partial charge in [0.25, 0.3) is 0 Å². The van der Waals surface area contributed by atoms with Gasteiger partial charge >= 0.3 is 5.97 Å². The molecule has 0 aliphatic heterocycles. The number of ether oxygens (including phenoxy) is 1. The molecule has 4 rings (SSSR count). The monoisotopic (exact) mass is 504 g/mol. The standard InChI is InChI=1S/C29H32N2O6/c1-2-3-4-18-11-27(34)25(28(35)12-18)16-31-15-20(24-14-22(32)9-10-26(24)31)13-23(33)17-37-29(36)19-5-7-21(30)8-6-19/h5-12,14-15,23,32-35H,2-4,13,16-17,30H2,1H3/t23-/m0/s1. The van der Waals surface area contributed by atoms with Gasteiger partial charge in [-0.2, -0.15) is 0 Å². The number of aromatic nitrogens is 1. The zero-order chi connectivity index (χ0) is 26.5. The van der Waals surface area contributed by atoms with Crippen LogP contribution >= 0.6 is 0 Å². The van der Waals surface area contributed by atoms with Crippen LogP contribution in [0.3, 0.4) is 0 Å². The Balaban J connectivity index is 1.52. The maximum Gasteiger partial charge on any atom is 0.338 e. The van der Waals surface area contributed by atoms with E-state index in [2.05, 4.69) is 6.92 Å². The fourth-order valence-electron chi connectivity index (χ4n) is 4.40. The molecule has 8 heteroatoms. The van der Waals surface area contributed by atoms with Crippen molar-refractivity contribution in [2.24, 2.45) is 0 Å². The third kappa shape index (κ3) is 6.16. The molecule has 0 saturated heterocycles. The second-order valence-electron chi connectivity index (χ2n) is 9.28. The first kappa shape index (κ1) is 25.9. The average molecular weight is 505 g/mol. The van der Waals surface area contributed by atoms with Crippen molar-refractivity contribution in [2.75, 3.05) is 12.3 Å². The van der Waals surface area contributed by atoms with Crippen molar-refractivity contribution in [1.82, 2.24) is 4.57 Å². The van der Waals surface area contributed by atoms with Crippen molar-refractivity contribution in [3.05, 3.63) is 83.0 Å². The van der Waals surface area contributed by atoms with Crippen LogP contribution in [0.25, 0.3) is 10.9 Å². The summed E-state index contributed by atoms with van der Waals surface area (Å²) in [5, 5.41) is 42.6. The molecule has 0 spiro atoms. The summed E-state index contributed by atoms with van der Waals surface area (Å²) in [4.78, 5) is 12.3. The number of fused-ring (bicyclic) bond motifs is 1. The van der Waals surface area contributed by atoms with Gasteiger partial charge in [-0.3, -0.25) is 0 Å². The van der Waals surface area contributed by atoms with Crippen LogP contribution in [0.1, 0.15) is 46.8 Å². The summed E-state index contributed by atoms with van der Waals surface area (Å²) in [5.41, 5.74) is 9.25. The van der Waals surface area contributed by atoms with Crippen molar-refractivity contribution in [3.8, 4) is 17.2 Å². The Morgan fingerprint density at radius 1 is 1.03 bits per heavy atom. The highest BCUT2D eigenvalue weighted by Crippen LogP contribution is 2.33. The minimum Gasteiger partial charge on any atom is -0.508 e. The molecule has 0 aliphatic rings. The first-order valence-corrected chi connectivity index (χ1v) is 12.3. The van der Waals surface area contributed by atoms with Gasteiger partial charge in [-0.25, -0.2) is 4.79 Å². The number of phenolic OH excluding ortho intramolecular Hbond substituents is 3. The number of aliphatic hydroxyl groups excluding tert-OH is 1. The predicted octanol–water partition coefficient (Wildman–Crippen LogP) is 4.49. The van der Waals surface area contributed by atoms with Crippen LogP contribution in [0.4, 0.5) is 5.69 Å². The quantitative estimate of drug-likeness (QED) is 0.158. The lowest BCUT2D eigenvalue weighted by atomic mass is 10.0. The lowest BCUT2D eigenvalue weighted by molar-refractivity contribution is 0.0259. The Labute approximate surface area is 215 Å². The first-order valence-electron chi connectivity index (χ1n) is 12.3. The third-order valence-electron chi connectivity index (χ3n) is 6.37. The largest absolute Gasteiger partial charge is 0.508 e. The Hall–Kier alpha value is -4.17. The Bertz CT molecular complexity index is 1370. The predicted molar refractivity (Wildman–Crippen MR) is 142 cm³/mol. The molecule has 0 amide bonds. The van der Waals surface area contributed by atoms with Crippen LogP contribution in [0.2, 0.25) is 0 Å². The lowest BCUT2D eigenvalue weighted by Crippen LogP contribution is -2.21. The molecule has 1 atom stereocenters. The summed E-state index contributed by atoms with van der Waals surface area (Å²) in [6, 6.07) is 14.6. The number of aryl methyl sites for hydroxylation is 1. The number of rotatable bonds is 10. The van der Waals surface area contributed by atoms with Crippen molar-refractivity contribution >= 4 is 22.6 Å². The molecular formula is C29H32N2O6. The Morgan fingerprint density at radius 3 is 2.41 bits per heavy atom. The van der Waals surface area contributed by atoms with E-state index in [4.69, 9.17) is 10.5 Å². The van der Waals surface area contributed by atoms with E-state index in [1.165, 1.54) is 0 Å². The molecule has 3 aromatic carbocycles. The fraction of sp³-hybridized carbons (Fsp3) is 0.276. The zero-order valence-corrected chi connectivity index (χ0v) is 20.7. The molecule has 6 N–H and O–H groups in total. The molecule has 0 saturated carbocycles. The highest BCUT2D eigenvalue weighted by molar-refractivity contribution is 5.89. The highest BCUT2D eigenvalue weighted by Gasteiger charge is 2.18. The third-order valence-corrected chi connectivity index (χ3v) is 6.37. The molecule has 194 valence electrons. The van der Waals surface area contributed by atoms with E-state index in [1.807, 2.05) is 4.57 Å². The smallest absolute Gasteiger partial charge is 0.338 e. The first-order chi connectivity index (χ1) is 17.7. The van der Waals surface area contributed by atoms with Crippen LogP contribution < -0.4 is 5.73 Å². The molecule has 0 unspecified atom stereocenters. The molecule has 37 heavy (non-hydrogen) atoms. The molecular weight excluding hydrogens is 472 g/mol. The van der Waals surface area contributed by atoms with Gasteiger partial charge in [-0.15, -0.1) is 0 Å². The molecule has 1 heterocycles. The fourth-order valence-corrected chi connectivity index (χ4v) is 4.40. The number of phenols is 3. The number of aliphatic hydroxyl groups is 1. The summed E-state index contributed by atoms with van der Waals surface area (Å²) < 4.78 is 7.10. The van der Waals surface area contributed by atoms with Crippen LogP contribution in [0.15, 0.2) is 60.8 Å². The number of nitrogens with two attached hydrogens (primary N) is 1. The van der Waals surface area contributed by atoms with E-state index in [9.17, 15) is 25.2 Å². The number of benzene rings is 3. The van der Waals surface area contributed by atoms with Gasteiger partial charge in [0.2, 0.25) is 0 Å². The molecule has 0 radical (unpaired) electrons. The van der Waals surface area contributed by atoms with E-state index in [1.54, 1.807) is 60.8 Å². The summed E-state index contributed by atoms with van der Waals surface area (Å²) in [7, 11) is 0. The number of carbonyl (C=O) groups excluding carboxylic acids is 1. The number of esters is 1. The zero-order valence-electron chi connectivity index (χ0n) is 20.7. The minimum absolute atomic E-state index is 0.0166. The van der Waals surface area contributed by atoms with Gasteiger partial charge in [-0.05, 0) is 78.6 Å². The van der Waals surface area contributed by atoms with Gasteiger partial charge in [-0.1, -0.05) is 13.3 Å². The number of hydrogen-bond acceptors (Lipinski definition) is 7. The number of hydrogen-bond donors (Lipinski definition) is 5. The van der Waals surface area contributed by atoms with Crippen LogP contribution in [0.5, 0.6) is 17.2 Å². The van der Waals surface area contributed by atoms with Crippen molar-refractivity contribution < 1.29 is 30.0 Å². The topological polar surface area (TPSA) is 138 Å². The van der Waals surface area contributed by atoms with Crippen LogP contribution in [-0.4, -0.2) is 43.7 Å². The SMILES string of the molecule is CCCCc1cc(O)c(Cn2cc(C[C@H](O)COC(=O)c3ccc(N)cc3)c3cc(O)ccc32)c(O)c1.